The lowest BCUT2D eigenvalue weighted by molar-refractivity contribution is -0.141. The van der Waals surface area contributed by atoms with E-state index in [2.05, 4.69) is 5.16 Å². The Kier molecular flexibility index (Phi) is 2.54. The van der Waals surface area contributed by atoms with E-state index in [-0.39, 0.29) is 29.9 Å². The first-order valence-electron chi connectivity index (χ1n) is 7.54. The van der Waals surface area contributed by atoms with E-state index in [0.29, 0.717) is 5.02 Å². The number of amides is 2. The Labute approximate surface area is 137 Å². The van der Waals surface area contributed by atoms with E-state index in [1.54, 1.807) is 12.1 Å². The molecule has 1 aromatic carbocycles. The highest BCUT2D eigenvalue weighted by Gasteiger charge is 2.71. The fourth-order valence-corrected chi connectivity index (χ4v) is 4.49. The second kappa shape index (κ2) is 4.33. The van der Waals surface area contributed by atoms with Gasteiger partial charge in [-0.15, -0.1) is 0 Å². The molecule has 2 amide bonds. The van der Waals surface area contributed by atoms with Crippen molar-refractivity contribution < 1.29 is 19.2 Å². The molecular formula is C16H13ClN2O4. The topological polar surface area (TPSA) is 68.2 Å². The van der Waals surface area contributed by atoms with E-state index < -0.39 is 17.9 Å². The summed E-state index contributed by atoms with van der Waals surface area (Å²) in [6.07, 6.45) is -1.05. The van der Waals surface area contributed by atoms with Gasteiger partial charge in [-0.25, -0.2) is 0 Å². The van der Waals surface area contributed by atoms with Crippen LogP contribution in [0.15, 0.2) is 29.4 Å². The Morgan fingerprint density at radius 3 is 2.35 bits per heavy atom. The number of fused-ring (bicyclic) bond motifs is 8. The van der Waals surface area contributed by atoms with Gasteiger partial charge >= 0.3 is 0 Å². The maximum absolute atomic E-state index is 12.4. The minimum atomic E-state index is -0.432. The Balaban J connectivity index is 1.53. The summed E-state index contributed by atoms with van der Waals surface area (Å²) >= 11 is 5.93. The second-order valence-corrected chi connectivity index (χ2v) is 6.87. The zero-order valence-corrected chi connectivity index (χ0v) is 12.9. The van der Waals surface area contributed by atoms with E-state index in [0.717, 1.165) is 11.3 Å². The number of rotatable bonds is 1. The molecule has 4 aliphatic rings. The van der Waals surface area contributed by atoms with Crippen LogP contribution < -0.4 is 0 Å². The first-order valence-corrected chi connectivity index (χ1v) is 7.92. The number of hydrogen-bond acceptors (Lipinski definition) is 5. The van der Waals surface area contributed by atoms with E-state index >= 15 is 0 Å². The van der Waals surface area contributed by atoms with Crippen molar-refractivity contribution >= 4 is 29.1 Å². The number of likely N-dealkylation sites (tertiary alicyclic amines) is 1. The zero-order valence-electron chi connectivity index (χ0n) is 12.2. The molecule has 0 N–H and O–H groups in total. The lowest BCUT2D eigenvalue weighted by Gasteiger charge is -2.26. The van der Waals surface area contributed by atoms with Crippen LogP contribution in [0.5, 0.6) is 0 Å². The van der Waals surface area contributed by atoms with E-state index in [4.69, 9.17) is 21.2 Å². The highest BCUT2D eigenvalue weighted by atomic mass is 35.5. The van der Waals surface area contributed by atoms with Crippen molar-refractivity contribution in [2.45, 2.75) is 18.3 Å². The second-order valence-electron chi connectivity index (χ2n) is 6.43. The summed E-state index contributed by atoms with van der Waals surface area (Å²) in [5, 5.41) is 4.86. The van der Waals surface area contributed by atoms with Crippen LogP contribution in [0.4, 0.5) is 0 Å². The fraction of sp³-hybridized carbons (Fsp3) is 0.438. The van der Waals surface area contributed by atoms with Crippen molar-refractivity contribution in [3.8, 4) is 0 Å². The number of carbonyl (C=O) groups is 2. The summed E-state index contributed by atoms with van der Waals surface area (Å²) in [6.45, 7) is 0. The number of halogens is 1. The van der Waals surface area contributed by atoms with Gasteiger partial charge in [0.05, 0.1) is 29.6 Å². The molecule has 23 heavy (non-hydrogen) atoms. The summed E-state index contributed by atoms with van der Waals surface area (Å²) in [7, 11) is 1.53. The van der Waals surface area contributed by atoms with Crippen LogP contribution in [0.2, 0.25) is 5.02 Å². The Morgan fingerprint density at radius 2 is 1.65 bits per heavy atom. The molecule has 7 heteroatoms. The quantitative estimate of drug-likeness (QED) is 0.721. The average Bonchev–Trinajstić information content (AvgIpc) is 3.26. The molecule has 3 fully saturated rings. The molecule has 6 atom stereocenters. The Bertz CT molecular complexity index is 762. The van der Waals surface area contributed by atoms with Crippen molar-refractivity contribution in [1.29, 1.82) is 0 Å². The molecule has 4 aliphatic heterocycles. The summed E-state index contributed by atoms with van der Waals surface area (Å²) < 4.78 is 5.97. The predicted octanol–water partition coefficient (Wildman–Crippen LogP) is 1.07. The van der Waals surface area contributed by atoms with Gasteiger partial charge in [0.2, 0.25) is 11.8 Å². The van der Waals surface area contributed by atoms with Gasteiger partial charge in [0.15, 0.2) is 6.10 Å². The standard InChI is InChI=1S/C16H13ClN2O4/c1-19-15(20)8-9(16(19)21)13-14-10(12(8)22-13)11(18-23-14)6-2-4-7(17)5-3-6/h2-5,8-10,12-14H,1H3. The summed E-state index contributed by atoms with van der Waals surface area (Å²) in [5.41, 5.74) is 1.67. The fourth-order valence-electron chi connectivity index (χ4n) is 4.37. The predicted molar refractivity (Wildman–Crippen MR) is 79.8 cm³/mol. The first-order chi connectivity index (χ1) is 11.1. The molecule has 2 bridgehead atoms. The van der Waals surface area contributed by atoms with Crippen LogP contribution in [0.1, 0.15) is 5.56 Å². The number of benzene rings is 1. The average molecular weight is 333 g/mol. The molecule has 0 aromatic heterocycles. The largest absolute Gasteiger partial charge is 0.389 e. The van der Waals surface area contributed by atoms with Gasteiger partial charge in [-0.2, -0.15) is 0 Å². The molecular weight excluding hydrogens is 320 g/mol. The molecule has 0 radical (unpaired) electrons. The molecule has 3 saturated heterocycles. The highest BCUT2D eigenvalue weighted by molar-refractivity contribution is 6.30. The number of imide groups is 1. The van der Waals surface area contributed by atoms with Crippen LogP contribution in [0, 0.1) is 17.8 Å². The monoisotopic (exact) mass is 332 g/mol. The smallest absolute Gasteiger partial charge is 0.235 e. The van der Waals surface area contributed by atoms with E-state index in [1.807, 2.05) is 12.1 Å². The van der Waals surface area contributed by atoms with Crippen LogP contribution in [0.3, 0.4) is 0 Å². The van der Waals surface area contributed by atoms with Crippen LogP contribution in [0.25, 0.3) is 0 Å². The van der Waals surface area contributed by atoms with Gasteiger partial charge in [-0.05, 0) is 17.7 Å². The number of oxime groups is 1. The maximum Gasteiger partial charge on any atom is 0.235 e. The minimum Gasteiger partial charge on any atom is -0.389 e. The van der Waals surface area contributed by atoms with Gasteiger partial charge in [0.1, 0.15) is 6.10 Å². The zero-order chi connectivity index (χ0) is 15.9. The third-order valence-electron chi connectivity index (χ3n) is 5.40. The molecule has 6 nitrogen and oxygen atoms in total. The van der Waals surface area contributed by atoms with Crippen molar-refractivity contribution in [1.82, 2.24) is 4.90 Å². The first kappa shape index (κ1) is 13.5. The number of nitrogens with zero attached hydrogens (tertiary/aromatic N) is 2. The lowest BCUT2D eigenvalue weighted by Crippen LogP contribution is -2.45. The number of carbonyl (C=O) groups excluding carboxylic acids is 2. The molecule has 5 rings (SSSR count). The summed E-state index contributed by atoms with van der Waals surface area (Å²) in [5.74, 6) is -1.30. The Morgan fingerprint density at radius 1 is 1.00 bits per heavy atom. The molecule has 118 valence electrons. The van der Waals surface area contributed by atoms with Crippen LogP contribution in [-0.4, -0.2) is 47.8 Å². The minimum absolute atomic E-state index is 0.120. The molecule has 6 unspecified atom stereocenters. The highest BCUT2D eigenvalue weighted by Crippen LogP contribution is 2.54. The third kappa shape index (κ3) is 1.55. The molecule has 4 heterocycles. The Hall–Kier alpha value is -1.92. The molecule has 0 aliphatic carbocycles. The number of ether oxygens (including phenoxy) is 1. The van der Waals surface area contributed by atoms with Crippen LogP contribution in [-0.2, 0) is 19.2 Å². The number of hydrogen-bond donors (Lipinski definition) is 0. The van der Waals surface area contributed by atoms with E-state index in [9.17, 15) is 9.59 Å². The van der Waals surface area contributed by atoms with Gasteiger partial charge in [-0.1, -0.05) is 28.9 Å². The van der Waals surface area contributed by atoms with Crippen molar-refractivity contribution in [3.05, 3.63) is 34.9 Å². The van der Waals surface area contributed by atoms with Crippen molar-refractivity contribution in [2.24, 2.45) is 22.9 Å². The van der Waals surface area contributed by atoms with Gasteiger partial charge < -0.3 is 9.57 Å². The molecule has 1 aromatic rings. The molecule has 0 saturated carbocycles. The van der Waals surface area contributed by atoms with Gasteiger partial charge in [0.25, 0.3) is 0 Å². The van der Waals surface area contributed by atoms with Crippen molar-refractivity contribution in [3.63, 3.8) is 0 Å². The lowest BCUT2D eigenvalue weighted by atomic mass is 9.71. The maximum atomic E-state index is 12.4. The molecule has 0 spiro atoms. The van der Waals surface area contributed by atoms with Crippen LogP contribution >= 0.6 is 11.6 Å². The van der Waals surface area contributed by atoms with Gasteiger partial charge in [-0.3, -0.25) is 14.5 Å². The summed E-state index contributed by atoms with van der Waals surface area (Å²) in [4.78, 5) is 31.5. The van der Waals surface area contributed by atoms with E-state index in [1.165, 1.54) is 11.9 Å². The summed E-state index contributed by atoms with van der Waals surface area (Å²) in [6, 6.07) is 7.34. The third-order valence-corrected chi connectivity index (χ3v) is 5.65. The van der Waals surface area contributed by atoms with Crippen molar-refractivity contribution in [2.75, 3.05) is 7.05 Å². The SMILES string of the molecule is CN1C(=O)C2C3OC(C4C(c5ccc(Cl)cc5)=NOC34)C2C1=O. The van der Waals surface area contributed by atoms with Gasteiger partial charge in [0, 0.05) is 12.1 Å². The normalized spacial score (nSPS) is 40.3.